The van der Waals surface area contributed by atoms with Crippen LogP contribution in [0.25, 0.3) is 0 Å². The van der Waals surface area contributed by atoms with Crippen molar-refractivity contribution in [1.82, 2.24) is 10.6 Å². The molecule has 7 heteroatoms. The summed E-state index contributed by atoms with van der Waals surface area (Å²) in [6.07, 6.45) is 0. The number of carbonyl (C=O) groups is 1. The van der Waals surface area contributed by atoms with Gasteiger partial charge in [0.1, 0.15) is 12.4 Å². The first-order valence-electron chi connectivity index (χ1n) is 5.73. The number of thioether (sulfide) groups is 1. The Bertz CT molecular complexity index is 397. The van der Waals surface area contributed by atoms with Gasteiger partial charge in [-0.1, -0.05) is 11.6 Å². The first-order valence-corrected chi connectivity index (χ1v) is 7.26. The Labute approximate surface area is 128 Å². The Morgan fingerprint density at radius 3 is 2.84 bits per heavy atom. The molecule has 1 aliphatic heterocycles. The molecule has 1 atom stereocenters. The molecular weight excluding hydrogens is 307 g/mol. The fourth-order valence-corrected chi connectivity index (χ4v) is 2.63. The smallest absolute Gasteiger partial charge is 0.238 e. The van der Waals surface area contributed by atoms with Crippen molar-refractivity contribution in [3.05, 3.63) is 29.3 Å². The van der Waals surface area contributed by atoms with Gasteiger partial charge < -0.3 is 10.1 Å². The fourth-order valence-electron chi connectivity index (χ4n) is 1.56. The summed E-state index contributed by atoms with van der Waals surface area (Å²) in [4.78, 5) is 11.6. The quantitative estimate of drug-likeness (QED) is 0.813. The third-order valence-corrected chi connectivity index (χ3v) is 3.71. The predicted molar refractivity (Wildman–Crippen MR) is 81.5 cm³/mol. The van der Waals surface area contributed by atoms with Gasteiger partial charge in [-0.15, -0.1) is 24.2 Å². The summed E-state index contributed by atoms with van der Waals surface area (Å²) in [7, 11) is 0. The van der Waals surface area contributed by atoms with Gasteiger partial charge in [0.05, 0.1) is 12.6 Å². The van der Waals surface area contributed by atoms with Gasteiger partial charge >= 0.3 is 0 Å². The number of rotatable bonds is 5. The van der Waals surface area contributed by atoms with Crippen LogP contribution in [-0.4, -0.2) is 36.7 Å². The zero-order chi connectivity index (χ0) is 12.8. The van der Waals surface area contributed by atoms with Crippen molar-refractivity contribution in [1.29, 1.82) is 0 Å². The Morgan fingerprint density at radius 1 is 1.47 bits per heavy atom. The number of benzene rings is 1. The molecular formula is C12H16Cl2N2O2S. The van der Waals surface area contributed by atoms with E-state index in [2.05, 4.69) is 10.6 Å². The summed E-state index contributed by atoms with van der Waals surface area (Å²) < 4.78 is 5.48. The Balaban J connectivity index is 0.00000180. The van der Waals surface area contributed by atoms with E-state index in [-0.39, 0.29) is 24.4 Å². The molecule has 2 N–H and O–H groups in total. The number of ether oxygens (including phenoxy) is 1. The molecule has 0 saturated carbocycles. The van der Waals surface area contributed by atoms with Crippen molar-refractivity contribution in [2.24, 2.45) is 0 Å². The molecule has 1 aliphatic rings. The average molecular weight is 323 g/mol. The van der Waals surface area contributed by atoms with Crippen molar-refractivity contribution in [3.63, 3.8) is 0 Å². The lowest BCUT2D eigenvalue weighted by atomic mass is 10.3. The second-order valence-corrected chi connectivity index (χ2v) is 5.33. The van der Waals surface area contributed by atoms with Gasteiger partial charge in [-0.25, -0.2) is 0 Å². The van der Waals surface area contributed by atoms with Gasteiger partial charge in [-0.05, 0) is 24.3 Å². The number of hydrogen-bond acceptors (Lipinski definition) is 4. The lowest BCUT2D eigenvalue weighted by Gasteiger charge is -2.11. The average Bonchev–Trinajstić information content (AvgIpc) is 2.90. The van der Waals surface area contributed by atoms with E-state index in [1.165, 1.54) is 0 Å². The Hall–Kier alpha value is -0.620. The molecule has 0 aliphatic carbocycles. The van der Waals surface area contributed by atoms with E-state index in [0.717, 1.165) is 17.4 Å². The van der Waals surface area contributed by atoms with Crippen LogP contribution < -0.4 is 15.4 Å². The standard InChI is InChI=1S/C12H15ClN2O2S.ClH/c13-9-1-3-10(4-2-9)17-6-5-14-12(16)11-7-18-8-15-11;/h1-4,11,15H,5-8H2,(H,14,16);1H. The Morgan fingerprint density at radius 2 is 2.21 bits per heavy atom. The van der Waals surface area contributed by atoms with Gasteiger partial charge in [0.2, 0.25) is 5.91 Å². The van der Waals surface area contributed by atoms with Crippen LogP contribution >= 0.6 is 35.8 Å². The monoisotopic (exact) mass is 322 g/mol. The van der Waals surface area contributed by atoms with Crippen molar-refractivity contribution >= 4 is 41.7 Å². The van der Waals surface area contributed by atoms with Gasteiger partial charge in [-0.2, -0.15) is 0 Å². The highest BCUT2D eigenvalue weighted by Gasteiger charge is 2.21. The van der Waals surface area contributed by atoms with E-state index >= 15 is 0 Å². The van der Waals surface area contributed by atoms with Crippen LogP contribution in [0.15, 0.2) is 24.3 Å². The molecule has 0 radical (unpaired) electrons. The zero-order valence-electron chi connectivity index (χ0n) is 10.2. The minimum absolute atomic E-state index is 0. The molecule has 0 aromatic heterocycles. The van der Waals surface area contributed by atoms with Crippen molar-refractivity contribution in [3.8, 4) is 5.75 Å². The molecule has 1 aromatic carbocycles. The largest absolute Gasteiger partial charge is 0.492 e. The summed E-state index contributed by atoms with van der Waals surface area (Å²) in [6, 6.07) is 7.09. The highest BCUT2D eigenvalue weighted by Crippen LogP contribution is 2.15. The predicted octanol–water partition coefficient (Wildman–Crippen LogP) is 1.92. The highest BCUT2D eigenvalue weighted by atomic mass is 35.5. The number of halogens is 2. The van der Waals surface area contributed by atoms with E-state index in [0.29, 0.717) is 18.2 Å². The molecule has 0 spiro atoms. The maximum atomic E-state index is 11.6. The molecule has 19 heavy (non-hydrogen) atoms. The summed E-state index contributed by atoms with van der Waals surface area (Å²) in [5, 5.41) is 6.64. The van der Waals surface area contributed by atoms with Crippen molar-refractivity contribution in [2.75, 3.05) is 24.8 Å². The molecule has 1 fully saturated rings. The lowest BCUT2D eigenvalue weighted by molar-refractivity contribution is -0.122. The topological polar surface area (TPSA) is 50.4 Å². The molecule has 1 saturated heterocycles. The van der Waals surface area contributed by atoms with Crippen molar-refractivity contribution in [2.45, 2.75) is 6.04 Å². The molecule has 0 bridgehead atoms. The number of hydrogen-bond donors (Lipinski definition) is 2. The lowest BCUT2D eigenvalue weighted by Crippen LogP contribution is -2.43. The highest BCUT2D eigenvalue weighted by molar-refractivity contribution is 7.99. The van der Waals surface area contributed by atoms with Crippen LogP contribution in [0.2, 0.25) is 5.02 Å². The second kappa shape index (κ2) is 8.53. The summed E-state index contributed by atoms with van der Waals surface area (Å²) in [6.45, 7) is 0.956. The van der Waals surface area contributed by atoms with Crippen LogP contribution in [0, 0.1) is 0 Å². The molecule has 1 aromatic rings. The van der Waals surface area contributed by atoms with Crippen LogP contribution in [0.5, 0.6) is 5.75 Å². The van der Waals surface area contributed by atoms with Crippen LogP contribution in [-0.2, 0) is 4.79 Å². The molecule has 106 valence electrons. The Kier molecular flexibility index (Phi) is 7.38. The molecule has 1 amide bonds. The van der Waals surface area contributed by atoms with E-state index in [4.69, 9.17) is 16.3 Å². The summed E-state index contributed by atoms with van der Waals surface area (Å²) in [5.41, 5.74) is 0. The van der Waals surface area contributed by atoms with E-state index < -0.39 is 0 Å². The minimum Gasteiger partial charge on any atom is -0.492 e. The third kappa shape index (κ3) is 5.48. The van der Waals surface area contributed by atoms with Gasteiger partial charge in [0, 0.05) is 16.7 Å². The van der Waals surface area contributed by atoms with E-state index in [9.17, 15) is 4.79 Å². The molecule has 1 unspecified atom stereocenters. The SMILES string of the molecule is Cl.O=C(NCCOc1ccc(Cl)cc1)C1CSCN1. The first-order chi connectivity index (χ1) is 8.75. The summed E-state index contributed by atoms with van der Waals surface area (Å²) >= 11 is 7.50. The van der Waals surface area contributed by atoms with Crippen LogP contribution in [0.3, 0.4) is 0 Å². The maximum Gasteiger partial charge on any atom is 0.238 e. The molecule has 1 heterocycles. The van der Waals surface area contributed by atoms with Gasteiger partial charge in [0.25, 0.3) is 0 Å². The molecule has 2 rings (SSSR count). The van der Waals surface area contributed by atoms with E-state index in [1.54, 1.807) is 36.0 Å². The zero-order valence-corrected chi connectivity index (χ0v) is 12.6. The minimum atomic E-state index is -0.0643. The van der Waals surface area contributed by atoms with Crippen molar-refractivity contribution < 1.29 is 9.53 Å². The number of nitrogens with one attached hydrogen (secondary N) is 2. The maximum absolute atomic E-state index is 11.6. The number of carbonyl (C=O) groups excluding carboxylic acids is 1. The fraction of sp³-hybridized carbons (Fsp3) is 0.417. The van der Waals surface area contributed by atoms with Crippen LogP contribution in [0.4, 0.5) is 0 Å². The van der Waals surface area contributed by atoms with Crippen LogP contribution in [0.1, 0.15) is 0 Å². The molecule has 4 nitrogen and oxygen atoms in total. The number of amides is 1. The normalized spacial score (nSPS) is 17.6. The third-order valence-electron chi connectivity index (χ3n) is 2.52. The summed E-state index contributed by atoms with van der Waals surface area (Å²) in [5.74, 6) is 2.48. The second-order valence-electron chi connectivity index (χ2n) is 3.87. The van der Waals surface area contributed by atoms with Gasteiger partial charge in [0.15, 0.2) is 0 Å². The van der Waals surface area contributed by atoms with Gasteiger partial charge in [-0.3, -0.25) is 10.1 Å². The van der Waals surface area contributed by atoms with E-state index in [1.807, 2.05) is 0 Å². The first kappa shape index (κ1) is 16.4.